The van der Waals surface area contributed by atoms with Crippen molar-refractivity contribution in [3.63, 3.8) is 0 Å². The molecule has 0 radical (unpaired) electrons. The van der Waals surface area contributed by atoms with E-state index in [4.69, 9.17) is 35.3 Å². The van der Waals surface area contributed by atoms with Gasteiger partial charge in [0.1, 0.15) is 41.0 Å². The molecule has 3 N–H and O–H groups in total. The van der Waals surface area contributed by atoms with Gasteiger partial charge in [-0.3, -0.25) is 14.6 Å². The average molecular weight is 1340 g/mol. The number of carbonyl (C=O) groups excluding carboxylic acids is 2. The number of fused-ring (bicyclic) bond motifs is 4. The topological polar surface area (TPSA) is 212 Å². The van der Waals surface area contributed by atoms with Crippen LogP contribution < -0.4 is 14.9 Å². The normalized spacial score (nSPS) is 31.1. The number of hydrogen-bond acceptors (Lipinski definition) is 17. The van der Waals surface area contributed by atoms with Crippen LogP contribution in [-0.2, 0) is 48.3 Å². The fraction of sp³-hybridized carbons (Fsp3) is 0.552. The maximum absolute atomic E-state index is 14.2. The molecule has 0 aromatic heterocycles. The molecule has 4 aliphatic carbocycles. The lowest BCUT2D eigenvalue weighted by Gasteiger charge is -2.53. The Labute approximate surface area is 539 Å². The van der Waals surface area contributed by atoms with E-state index in [2.05, 4.69) is 66.8 Å². The maximum atomic E-state index is 14.2. The lowest BCUT2D eigenvalue weighted by atomic mass is 9.46. The summed E-state index contributed by atoms with van der Waals surface area (Å²) in [6.45, 7) is 18.5. The van der Waals surface area contributed by atoms with Gasteiger partial charge in [-0.2, -0.15) is 13.2 Å². The second kappa shape index (κ2) is 24.0. The van der Waals surface area contributed by atoms with Crippen molar-refractivity contribution in [2.75, 3.05) is 88.1 Å². The Morgan fingerprint density at radius 1 is 0.835 bits per heavy atom. The fourth-order valence-electron chi connectivity index (χ4n) is 16.2. The number of carbonyl (C=O) groups is 2. The Kier molecular flexibility index (Phi) is 17.0. The van der Waals surface area contributed by atoms with Crippen LogP contribution in [0.2, 0.25) is 5.02 Å². The molecular weight excluding hydrogens is 1260 g/mol. The molecule has 0 bridgehead atoms. The lowest BCUT2D eigenvalue weighted by molar-refractivity contribution is -0.136. The van der Waals surface area contributed by atoms with E-state index in [1.807, 2.05) is 47.2 Å². The van der Waals surface area contributed by atoms with Gasteiger partial charge < -0.3 is 39.0 Å². The number of esters is 1. The highest BCUT2D eigenvalue weighted by Crippen LogP contribution is 2.83. The van der Waals surface area contributed by atoms with Crippen LogP contribution in [0, 0.1) is 22.7 Å². The Morgan fingerprint density at radius 2 is 1.54 bits per heavy atom. The number of aliphatic hydroxyl groups is 1. The van der Waals surface area contributed by atoms with E-state index in [1.54, 1.807) is 12.1 Å². The van der Waals surface area contributed by atoms with Crippen molar-refractivity contribution in [1.29, 1.82) is 0 Å². The Bertz CT molecular complexity index is 3770. The maximum Gasteiger partial charge on any atom is 0.501 e. The van der Waals surface area contributed by atoms with Crippen LogP contribution in [0.15, 0.2) is 128 Å². The standard InChI is InChI=1S/C47H55ClF3N5O6S3.C20H24O6/c1-46(2)20-18-42(34-8-12-37(48)13-9-34)36(31-46)32-55-22-24-56(25-23-55)39-14-10-35(11-15-39)45(57)53-65(60,61)41-16-17-43(44(30-41)64(58,59)47(49,50)51)52-38(19-21-54-26-28-62-29-27-54)33-63-40-6-4-3-5-7-40;1-8(2)18-13(25-18)14-20(26-14)17(3)5-4-9-10(7-23-15(9)21)11(17)6-12-19(20,24-12)16(18)22/h3-17,30,38,52H,18-29,31-33H2,1-2H3,(H,53,57);8,11-14,16,22H,4-7H2,1-3H3/t38-;11-,12-,13-,14-,16+,17-,18-,19+,20+/m10/s1. The summed E-state index contributed by atoms with van der Waals surface area (Å²) < 4.78 is 127. The molecular formula is C67H79ClF3N5O12S3. The number of nitrogens with one attached hydrogen (secondary N) is 2. The van der Waals surface area contributed by atoms with Gasteiger partial charge >= 0.3 is 11.5 Å². The van der Waals surface area contributed by atoms with Crippen molar-refractivity contribution in [2.24, 2.45) is 22.7 Å². The first kappa shape index (κ1) is 64.6. The van der Waals surface area contributed by atoms with Crippen LogP contribution in [0.5, 0.6) is 0 Å². The molecule has 10 atom stereocenters. The molecule has 6 heterocycles. The van der Waals surface area contributed by atoms with Crippen molar-refractivity contribution in [1.82, 2.24) is 14.5 Å². The number of cyclic esters (lactones) is 1. The minimum Gasteiger partial charge on any atom is -0.458 e. The summed E-state index contributed by atoms with van der Waals surface area (Å²) in [6.07, 6.45) is 5.31. The van der Waals surface area contributed by atoms with E-state index in [0.717, 1.165) is 105 Å². The number of epoxide rings is 3. The number of hydrogen-bond donors (Lipinski definition) is 3. The average Bonchev–Trinajstić information content (AvgIpc) is 1.42. The number of alkyl halides is 3. The number of ether oxygens (including phenoxy) is 5. The largest absolute Gasteiger partial charge is 0.501 e. The minimum absolute atomic E-state index is 0.00186. The Hall–Kier alpha value is -5.05. The fourth-order valence-corrected chi connectivity index (χ4v) is 19.3. The highest BCUT2D eigenvalue weighted by molar-refractivity contribution is 7.99. The quantitative estimate of drug-likeness (QED) is 0.0510. The van der Waals surface area contributed by atoms with Gasteiger partial charge in [0.25, 0.3) is 25.8 Å². The molecule has 5 saturated heterocycles. The zero-order chi connectivity index (χ0) is 64.3. The summed E-state index contributed by atoms with van der Waals surface area (Å²) in [4.78, 5) is 31.1. The molecule has 2 saturated carbocycles. The summed E-state index contributed by atoms with van der Waals surface area (Å²) in [6, 6.07) is 25.8. The minimum atomic E-state index is -6.05. The lowest BCUT2D eigenvalue weighted by Crippen LogP contribution is -2.69. The number of piperazine rings is 1. The number of morpholine rings is 1. The molecule has 7 fully saturated rings. The summed E-state index contributed by atoms with van der Waals surface area (Å²) in [5, 5.41) is 15.1. The number of sulfone groups is 1. The zero-order valence-corrected chi connectivity index (χ0v) is 54.9. The molecule has 2 spiro atoms. The van der Waals surface area contributed by atoms with Crippen molar-refractivity contribution < 1.29 is 68.4 Å². The van der Waals surface area contributed by atoms with Gasteiger partial charge in [-0.15, -0.1) is 11.8 Å². The molecule has 6 aliphatic heterocycles. The van der Waals surface area contributed by atoms with E-state index < -0.39 is 75.7 Å². The highest BCUT2D eigenvalue weighted by atomic mass is 35.5. The molecule has 490 valence electrons. The predicted octanol–water partition coefficient (Wildman–Crippen LogP) is 9.94. The van der Waals surface area contributed by atoms with E-state index in [1.165, 1.54) is 40.6 Å². The van der Waals surface area contributed by atoms with E-state index >= 15 is 0 Å². The number of allylic oxidation sites excluding steroid dienone is 1. The summed E-state index contributed by atoms with van der Waals surface area (Å²) in [7, 11) is -10.9. The summed E-state index contributed by atoms with van der Waals surface area (Å²) in [5.74, 6) is -0.356. The third-order valence-corrected chi connectivity index (χ3v) is 25.6. The number of benzene rings is 4. The van der Waals surface area contributed by atoms with Gasteiger partial charge in [0.05, 0.1) is 29.9 Å². The molecule has 17 nitrogen and oxygen atoms in total. The number of rotatable bonds is 17. The predicted molar refractivity (Wildman–Crippen MR) is 339 cm³/mol. The highest BCUT2D eigenvalue weighted by Gasteiger charge is 3.00. The molecule has 91 heavy (non-hydrogen) atoms. The molecule has 1 amide bonds. The first-order valence-electron chi connectivity index (χ1n) is 31.6. The molecule has 4 aromatic rings. The number of aliphatic hydroxyl groups excluding tert-OH is 1. The molecule has 4 aromatic carbocycles. The molecule has 14 rings (SSSR count). The van der Waals surface area contributed by atoms with E-state index in [9.17, 15) is 44.7 Å². The van der Waals surface area contributed by atoms with Gasteiger partial charge in [-0.1, -0.05) is 82.1 Å². The van der Waals surface area contributed by atoms with Gasteiger partial charge in [0, 0.05) is 96.3 Å². The van der Waals surface area contributed by atoms with E-state index in [-0.39, 0.29) is 52.5 Å². The zero-order valence-electron chi connectivity index (χ0n) is 51.7. The van der Waals surface area contributed by atoms with Crippen LogP contribution in [-0.4, -0.2) is 174 Å². The van der Waals surface area contributed by atoms with E-state index in [0.29, 0.717) is 62.7 Å². The number of anilines is 2. The molecule has 0 unspecified atom stereocenters. The van der Waals surface area contributed by atoms with Crippen LogP contribution in [0.4, 0.5) is 24.5 Å². The Morgan fingerprint density at radius 3 is 2.23 bits per heavy atom. The Balaban J connectivity index is 0.000000237. The summed E-state index contributed by atoms with van der Waals surface area (Å²) in [5.41, 5.74) is -0.785. The van der Waals surface area contributed by atoms with Crippen LogP contribution >= 0.6 is 23.4 Å². The second-order valence-corrected chi connectivity index (χ2v) is 32.5. The number of nitrogens with zero attached hydrogens (tertiary/aromatic N) is 3. The first-order valence-corrected chi connectivity index (χ1v) is 36.0. The van der Waals surface area contributed by atoms with Crippen LogP contribution in [0.25, 0.3) is 5.57 Å². The number of thioether (sulfide) groups is 1. The van der Waals surface area contributed by atoms with Crippen LogP contribution in [0.1, 0.15) is 95.5 Å². The number of halogens is 4. The monoisotopic (exact) mass is 1330 g/mol. The summed E-state index contributed by atoms with van der Waals surface area (Å²) >= 11 is 7.64. The van der Waals surface area contributed by atoms with Gasteiger partial charge in [-0.25, -0.2) is 26.4 Å². The third-order valence-electron chi connectivity index (χ3n) is 21.3. The van der Waals surface area contributed by atoms with Crippen molar-refractivity contribution >= 4 is 72.0 Å². The van der Waals surface area contributed by atoms with Gasteiger partial charge in [-0.05, 0) is 146 Å². The van der Waals surface area contributed by atoms with Crippen molar-refractivity contribution in [3.8, 4) is 0 Å². The molecule has 10 aliphatic rings. The number of amides is 1. The van der Waals surface area contributed by atoms with Crippen LogP contribution in [0.3, 0.4) is 0 Å². The second-order valence-electron chi connectivity index (χ2n) is 27.4. The number of sulfonamides is 1. The van der Waals surface area contributed by atoms with Crippen molar-refractivity contribution in [3.05, 3.63) is 130 Å². The van der Waals surface area contributed by atoms with Crippen molar-refractivity contribution in [2.45, 2.75) is 147 Å². The third kappa shape index (κ3) is 11.6. The molecule has 24 heteroatoms. The smallest absolute Gasteiger partial charge is 0.458 e. The van der Waals surface area contributed by atoms with Gasteiger partial charge in [0.2, 0.25) is 0 Å². The SMILES string of the molecule is CC(C)[C@]12O[C@H]1[C@@H]1O[C@]13[C@]1(O[C@H]1C[C@H]1C4=C(CC[C@@]13C)C(=O)OC4)[C@@H]2O.CC1(C)CCC(c2ccc(Cl)cc2)=C(CN2CCN(c3ccc(C(=O)NS(=O)(=O)c4ccc(N[C@H](CCN5CCOCC5)CSc5ccccc5)c(S(=O)(=O)C(F)(F)F)c4)cc3)CC2)C1. The van der Waals surface area contributed by atoms with Gasteiger partial charge in [0.15, 0.2) is 5.60 Å². The first-order chi connectivity index (χ1) is 43.2.